The maximum absolute atomic E-state index is 4.91. The van der Waals surface area contributed by atoms with Gasteiger partial charge in [0.25, 0.3) is 0 Å². The molecular weight excluding hydrogens is 246 g/mol. The van der Waals surface area contributed by atoms with Crippen molar-refractivity contribution in [3.05, 3.63) is 17.0 Å². The van der Waals surface area contributed by atoms with E-state index in [0.29, 0.717) is 18.0 Å². The zero-order valence-corrected chi connectivity index (χ0v) is 14.3. The van der Waals surface area contributed by atoms with Gasteiger partial charge in [-0.15, -0.1) is 0 Å². The molecule has 2 heterocycles. The second-order valence-corrected chi connectivity index (χ2v) is 6.77. The Labute approximate surface area is 124 Å². The molecule has 0 aliphatic carbocycles. The summed E-state index contributed by atoms with van der Waals surface area (Å²) in [6.07, 6.45) is 0. The summed E-state index contributed by atoms with van der Waals surface area (Å²) < 4.78 is 0. The summed E-state index contributed by atoms with van der Waals surface area (Å²) in [5.41, 5.74) is 6.48. The molecule has 1 aliphatic heterocycles. The quantitative estimate of drug-likeness (QED) is 0.816. The Bertz CT molecular complexity index is 505. The number of hydrogen-bond donors (Lipinski definition) is 0. The summed E-state index contributed by atoms with van der Waals surface area (Å²) >= 11 is 0. The van der Waals surface area contributed by atoms with E-state index in [2.05, 4.69) is 65.3 Å². The standard InChI is InChI=1S/C17H29N3/c1-10(2)15-17-16(13(6)14(7)18-15)19(8)12(5)9-20(17)11(3)4/h10-12H,9H2,1-8H3/t12-/m1/s1. The van der Waals surface area contributed by atoms with E-state index in [1.54, 1.807) is 0 Å². The van der Waals surface area contributed by atoms with E-state index in [1.807, 2.05) is 0 Å². The zero-order chi connectivity index (χ0) is 15.2. The van der Waals surface area contributed by atoms with Crippen LogP contribution in [0.15, 0.2) is 0 Å². The van der Waals surface area contributed by atoms with Crippen LogP contribution in [0, 0.1) is 13.8 Å². The van der Waals surface area contributed by atoms with Gasteiger partial charge < -0.3 is 9.80 Å². The van der Waals surface area contributed by atoms with Crippen molar-refractivity contribution in [2.45, 2.75) is 66.5 Å². The van der Waals surface area contributed by atoms with Crippen LogP contribution in [0.5, 0.6) is 0 Å². The molecule has 112 valence electrons. The fraction of sp³-hybridized carbons (Fsp3) is 0.706. The van der Waals surface area contributed by atoms with Gasteiger partial charge in [0.05, 0.1) is 17.1 Å². The van der Waals surface area contributed by atoms with Crippen molar-refractivity contribution in [3.63, 3.8) is 0 Å². The Hall–Kier alpha value is -1.25. The number of hydrogen-bond acceptors (Lipinski definition) is 3. The lowest BCUT2D eigenvalue weighted by molar-refractivity contribution is 0.569. The summed E-state index contributed by atoms with van der Waals surface area (Å²) in [5.74, 6) is 0.450. The van der Waals surface area contributed by atoms with E-state index in [-0.39, 0.29) is 0 Å². The Kier molecular flexibility index (Phi) is 3.99. The SMILES string of the molecule is Cc1nc(C(C)C)c2c(c1C)N(C)[C@H](C)CN2C(C)C. The minimum Gasteiger partial charge on any atom is -0.368 e. The van der Waals surface area contributed by atoms with Crippen molar-refractivity contribution in [1.29, 1.82) is 0 Å². The summed E-state index contributed by atoms with van der Waals surface area (Å²) in [5, 5.41) is 0. The van der Waals surface area contributed by atoms with Crippen LogP contribution in [0.1, 0.15) is 57.5 Å². The number of aryl methyl sites for hydroxylation is 1. The molecule has 1 atom stereocenters. The van der Waals surface area contributed by atoms with Gasteiger partial charge in [0, 0.05) is 31.4 Å². The van der Waals surface area contributed by atoms with Gasteiger partial charge in [0.2, 0.25) is 0 Å². The number of likely N-dealkylation sites (N-methyl/N-ethyl adjacent to an activating group) is 1. The largest absolute Gasteiger partial charge is 0.368 e. The summed E-state index contributed by atoms with van der Waals surface area (Å²) in [6.45, 7) is 16.8. The van der Waals surface area contributed by atoms with Crippen molar-refractivity contribution in [2.24, 2.45) is 0 Å². The Morgan fingerprint density at radius 3 is 2.20 bits per heavy atom. The smallest absolute Gasteiger partial charge is 0.0831 e. The molecule has 2 rings (SSSR count). The van der Waals surface area contributed by atoms with Crippen LogP contribution in [0.3, 0.4) is 0 Å². The molecule has 3 nitrogen and oxygen atoms in total. The highest BCUT2D eigenvalue weighted by Gasteiger charge is 2.32. The number of pyridine rings is 1. The molecule has 0 fully saturated rings. The molecule has 0 saturated heterocycles. The first-order chi connectivity index (χ1) is 9.25. The molecule has 0 saturated carbocycles. The van der Waals surface area contributed by atoms with Gasteiger partial charge in [-0.25, -0.2) is 0 Å². The highest BCUT2D eigenvalue weighted by molar-refractivity contribution is 5.80. The van der Waals surface area contributed by atoms with Crippen LogP contribution in [0.4, 0.5) is 11.4 Å². The van der Waals surface area contributed by atoms with Gasteiger partial charge in [0.15, 0.2) is 0 Å². The third-order valence-corrected chi connectivity index (χ3v) is 4.59. The van der Waals surface area contributed by atoms with Crippen LogP contribution in [-0.2, 0) is 0 Å². The van der Waals surface area contributed by atoms with Crippen molar-refractivity contribution in [3.8, 4) is 0 Å². The van der Waals surface area contributed by atoms with Crippen LogP contribution in [0.2, 0.25) is 0 Å². The molecule has 1 aromatic rings. The topological polar surface area (TPSA) is 19.4 Å². The van der Waals surface area contributed by atoms with Gasteiger partial charge in [-0.05, 0) is 46.1 Å². The van der Waals surface area contributed by atoms with Crippen LogP contribution in [0.25, 0.3) is 0 Å². The third-order valence-electron chi connectivity index (χ3n) is 4.59. The average molecular weight is 275 g/mol. The molecule has 0 amide bonds. The molecule has 0 unspecified atom stereocenters. The summed E-state index contributed by atoms with van der Waals surface area (Å²) in [7, 11) is 2.22. The highest BCUT2D eigenvalue weighted by Crippen LogP contribution is 2.43. The van der Waals surface area contributed by atoms with Gasteiger partial charge in [0.1, 0.15) is 0 Å². The first kappa shape index (κ1) is 15.1. The first-order valence-corrected chi connectivity index (χ1v) is 7.76. The molecule has 1 aromatic heterocycles. The molecular formula is C17H29N3. The number of aromatic nitrogens is 1. The fourth-order valence-electron chi connectivity index (χ4n) is 3.09. The molecule has 3 heteroatoms. The number of fused-ring (bicyclic) bond motifs is 1. The Balaban J connectivity index is 2.76. The molecule has 1 aliphatic rings. The zero-order valence-electron chi connectivity index (χ0n) is 14.3. The number of rotatable bonds is 2. The number of anilines is 2. The van der Waals surface area contributed by atoms with Crippen LogP contribution >= 0.6 is 0 Å². The lowest BCUT2D eigenvalue weighted by Crippen LogP contribution is -2.49. The fourth-order valence-corrected chi connectivity index (χ4v) is 3.09. The monoisotopic (exact) mass is 275 g/mol. The number of nitrogens with zero attached hydrogens (tertiary/aromatic N) is 3. The van der Waals surface area contributed by atoms with Crippen molar-refractivity contribution < 1.29 is 0 Å². The second-order valence-electron chi connectivity index (χ2n) is 6.77. The van der Waals surface area contributed by atoms with Gasteiger partial charge in [-0.3, -0.25) is 4.98 Å². The maximum Gasteiger partial charge on any atom is 0.0831 e. The Morgan fingerprint density at radius 2 is 1.70 bits per heavy atom. The predicted octanol–water partition coefficient (Wildman–Crippen LogP) is 3.87. The van der Waals surface area contributed by atoms with Crippen molar-refractivity contribution in [2.75, 3.05) is 23.4 Å². The lowest BCUT2D eigenvalue weighted by atomic mass is 9.97. The first-order valence-electron chi connectivity index (χ1n) is 7.76. The normalized spacial score (nSPS) is 19.0. The van der Waals surface area contributed by atoms with Crippen LogP contribution in [-0.4, -0.2) is 30.7 Å². The molecule has 0 bridgehead atoms. The highest BCUT2D eigenvalue weighted by atomic mass is 15.3. The van der Waals surface area contributed by atoms with E-state index in [0.717, 1.165) is 12.2 Å². The minimum absolute atomic E-state index is 0.450. The second kappa shape index (κ2) is 5.27. The maximum atomic E-state index is 4.91. The van der Waals surface area contributed by atoms with E-state index < -0.39 is 0 Å². The van der Waals surface area contributed by atoms with Gasteiger partial charge in [-0.1, -0.05) is 13.8 Å². The molecule has 0 radical (unpaired) electrons. The third kappa shape index (κ3) is 2.27. The Morgan fingerprint density at radius 1 is 1.10 bits per heavy atom. The van der Waals surface area contributed by atoms with Gasteiger partial charge in [-0.2, -0.15) is 0 Å². The lowest BCUT2D eigenvalue weighted by Gasteiger charge is -2.45. The van der Waals surface area contributed by atoms with Crippen molar-refractivity contribution >= 4 is 11.4 Å². The molecule has 0 aromatic carbocycles. The summed E-state index contributed by atoms with van der Waals surface area (Å²) in [6, 6.07) is 1.04. The van der Waals surface area contributed by atoms with E-state index in [4.69, 9.17) is 4.98 Å². The van der Waals surface area contributed by atoms with E-state index >= 15 is 0 Å². The van der Waals surface area contributed by atoms with E-state index in [9.17, 15) is 0 Å². The molecule has 20 heavy (non-hydrogen) atoms. The molecule has 0 N–H and O–H groups in total. The predicted molar refractivity (Wildman–Crippen MR) is 88.1 cm³/mol. The van der Waals surface area contributed by atoms with E-state index in [1.165, 1.54) is 22.6 Å². The van der Waals surface area contributed by atoms with Crippen molar-refractivity contribution in [1.82, 2.24) is 4.98 Å². The molecule has 0 spiro atoms. The van der Waals surface area contributed by atoms with Crippen LogP contribution < -0.4 is 9.80 Å². The summed E-state index contributed by atoms with van der Waals surface area (Å²) in [4.78, 5) is 9.88. The average Bonchev–Trinajstić information content (AvgIpc) is 2.36. The minimum atomic E-state index is 0.450. The van der Waals surface area contributed by atoms with Gasteiger partial charge >= 0.3 is 0 Å².